The standard InChI is InChI=1S/C59H80F2N14O16/c1-2-46(77)63-17-18-67-59(89)70-58(62)66-16-9-14-45(56(87)68-33-42-43(60)31-40(76)32-44(42)61)69-57(88)51(38-10-4-3-5-11-38)39-12-8-13-41(30-39)90-28-7-6-15-64-52-53(55(86)54(52)85)65-19-29-91-71-47(78)34-72-20-22-73(35-48(79)80)24-26-75(37-50(83)84)27-25-74(23-21-72)36-49(81)82/h3-5,8,10-13,30-32,45,51,64-65,76H,2,6-7,9,14-29,33-37H2,1H3,(H,63,77)(H,68,87)(H,69,88)(H,71,78)(H,79,80)(H,81,82)(H,83,84)(H4,62,66,67,70,89)/t45-,51+/m1/s1. The van der Waals surface area contributed by atoms with Crippen molar-refractivity contribution in [3.8, 4) is 11.5 Å². The second-order valence-electron chi connectivity index (χ2n) is 21.1. The van der Waals surface area contributed by atoms with Crippen molar-refractivity contribution >= 4 is 64.9 Å². The number of rotatable bonds is 35. The number of carbonyl (C=O) groups excluding carboxylic acids is 5. The van der Waals surface area contributed by atoms with Crippen LogP contribution < -0.4 is 64.0 Å². The van der Waals surface area contributed by atoms with E-state index in [4.69, 9.17) is 15.3 Å². The van der Waals surface area contributed by atoms with Gasteiger partial charge in [0.15, 0.2) is 5.96 Å². The molecule has 496 valence electrons. The van der Waals surface area contributed by atoms with Crippen molar-refractivity contribution in [3.05, 3.63) is 116 Å². The van der Waals surface area contributed by atoms with Gasteiger partial charge in [0, 0.05) is 116 Å². The van der Waals surface area contributed by atoms with Gasteiger partial charge in [0.2, 0.25) is 17.7 Å². The van der Waals surface area contributed by atoms with Gasteiger partial charge >= 0.3 is 23.9 Å². The monoisotopic (exact) mass is 1280 g/mol. The van der Waals surface area contributed by atoms with Gasteiger partial charge in [-0.15, -0.1) is 0 Å². The van der Waals surface area contributed by atoms with Crippen LogP contribution in [0.15, 0.2) is 81.3 Å². The van der Waals surface area contributed by atoms with Crippen molar-refractivity contribution in [2.24, 2.45) is 10.7 Å². The van der Waals surface area contributed by atoms with Gasteiger partial charge in [0.05, 0.1) is 45.3 Å². The summed E-state index contributed by atoms with van der Waals surface area (Å²) in [5.41, 5.74) is 7.38. The Bertz CT molecular complexity index is 3140. The number of ether oxygens (including phenoxy) is 1. The van der Waals surface area contributed by atoms with Crippen molar-refractivity contribution in [1.82, 2.24) is 51.7 Å². The molecule has 1 heterocycles. The van der Waals surface area contributed by atoms with E-state index in [2.05, 4.69) is 47.7 Å². The zero-order chi connectivity index (χ0) is 66.2. The Hall–Kier alpha value is -9.37. The van der Waals surface area contributed by atoms with Crippen LogP contribution >= 0.6 is 0 Å². The number of amides is 6. The number of hydroxylamine groups is 1. The molecule has 0 radical (unpaired) electrons. The van der Waals surface area contributed by atoms with Gasteiger partial charge in [-0.3, -0.25) is 67.6 Å². The molecule has 32 heteroatoms. The summed E-state index contributed by atoms with van der Waals surface area (Å²) in [6, 6.07) is 14.8. The Morgan fingerprint density at radius 2 is 1.15 bits per heavy atom. The number of phenolic OH excluding ortho intramolecular Hbond substituents is 1. The van der Waals surface area contributed by atoms with Crippen LogP contribution in [0.5, 0.6) is 11.5 Å². The number of urea groups is 1. The van der Waals surface area contributed by atoms with E-state index in [1.807, 2.05) is 0 Å². The molecule has 0 saturated carbocycles. The van der Waals surface area contributed by atoms with Crippen LogP contribution in [-0.4, -0.2) is 224 Å². The Balaban J connectivity index is 1.11. The molecule has 6 amide bonds. The molecule has 91 heavy (non-hydrogen) atoms. The SMILES string of the molecule is CCC(=O)NCCNC(=O)/N=C(/N)NCCC[C@@H](NC(=O)[C@@H](c1ccccc1)c1cccc(OCCCCNc2c(NCCONC(=O)CN3CCN(CC(=O)O)CCN(CC(=O)O)CCN(CC(=O)O)CC3)c(=O)c2=O)c1)C(=O)NCc1c(F)cc(O)cc1F. The van der Waals surface area contributed by atoms with E-state index in [0.717, 1.165) is 0 Å². The molecule has 4 aromatic rings. The minimum atomic E-state index is -1.28. The van der Waals surface area contributed by atoms with Crippen LogP contribution in [0, 0.1) is 11.6 Å². The molecule has 14 N–H and O–H groups in total. The predicted octanol–water partition coefficient (Wildman–Crippen LogP) is -0.674. The minimum Gasteiger partial charge on any atom is -0.508 e. The summed E-state index contributed by atoms with van der Waals surface area (Å²) in [5.74, 6) is -9.13. The summed E-state index contributed by atoms with van der Waals surface area (Å²) in [6.45, 7) is 2.31. The maximum atomic E-state index is 14.7. The first-order valence-corrected chi connectivity index (χ1v) is 29.5. The molecule has 5 rings (SSSR count). The Labute approximate surface area is 522 Å². The Morgan fingerprint density at radius 1 is 0.604 bits per heavy atom. The summed E-state index contributed by atoms with van der Waals surface area (Å²) in [7, 11) is 0. The summed E-state index contributed by atoms with van der Waals surface area (Å²) in [4.78, 5) is 140. The topological polar surface area (TPSA) is 418 Å². The number of nitrogens with two attached hydrogens (primary N) is 1. The van der Waals surface area contributed by atoms with Crippen LogP contribution in [0.25, 0.3) is 0 Å². The number of benzene rings is 3. The number of unbranched alkanes of at least 4 members (excludes halogenated alkanes) is 1. The molecule has 0 unspecified atom stereocenters. The second-order valence-corrected chi connectivity index (χ2v) is 21.1. The van der Waals surface area contributed by atoms with Crippen LogP contribution in [-0.2, 0) is 44.9 Å². The van der Waals surface area contributed by atoms with E-state index in [1.165, 1.54) is 0 Å². The fourth-order valence-corrected chi connectivity index (χ4v) is 9.45. The van der Waals surface area contributed by atoms with E-state index in [9.17, 15) is 77.2 Å². The lowest BCUT2D eigenvalue weighted by Crippen LogP contribution is -2.49. The quantitative estimate of drug-likeness (QED) is 0.00893. The predicted molar refractivity (Wildman–Crippen MR) is 328 cm³/mol. The molecule has 2 atom stereocenters. The van der Waals surface area contributed by atoms with Crippen molar-refractivity contribution in [3.63, 3.8) is 0 Å². The van der Waals surface area contributed by atoms with Gasteiger partial charge in [-0.25, -0.2) is 19.1 Å². The van der Waals surface area contributed by atoms with Crippen molar-refractivity contribution in [2.45, 2.75) is 57.5 Å². The van der Waals surface area contributed by atoms with Crippen molar-refractivity contribution < 1.29 is 77.1 Å². The van der Waals surface area contributed by atoms with E-state index < -0.39 is 94.0 Å². The third kappa shape index (κ3) is 25.9. The first kappa shape index (κ1) is 72.4. The molecule has 1 fully saturated rings. The van der Waals surface area contributed by atoms with Crippen molar-refractivity contribution in [2.75, 3.05) is 135 Å². The number of nitrogens with one attached hydrogen (secondary N) is 8. The molecule has 0 aromatic heterocycles. The highest BCUT2D eigenvalue weighted by molar-refractivity contribution is 5.93. The van der Waals surface area contributed by atoms with E-state index in [-0.39, 0.29) is 167 Å². The number of carboxylic acids is 3. The number of aliphatic imine (C=N–C) groups is 1. The highest BCUT2D eigenvalue weighted by Crippen LogP contribution is 2.29. The zero-order valence-electron chi connectivity index (χ0n) is 50.4. The van der Waals surface area contributed by atoms with Crippen LogP contribution in [0.2, 0.25) is 0 Å². The van der Waals surface area contributed by atoms with Gasteiger partial charge in [0.1, 0.15) is 40.6 Å². The van der Waals surface area contributed by atoms with Crippen LogP contribution in [0.4, 0.5) is 25.0 Å². The molecule has 0 aliphatic carbocycles. The number of hydrogen-bond acceptors (Lipinski definition) is 19. The first-order chi connectivity index (χ1) is 43.6. The average molecular weight is 1280 g/mol. The molecule has 4 aromatic carbocycles. The second kappa shape index (κ2) is 38.2. The third-order valence-electron chi connectivity index (χ3n) is 14.1. The zero-order valence-corrected chi connectivity index (χ0v) is 50.4. The molecule has 1 aliphatic rings. The van der Waals surface area contributed by atoms with Crippen molar-refractivity contribution in [1.29, 1.82) is 0 Å². The molecular formula is C59H80F2N14O16. The number of guanidine groups is 1. The summed E-state index contributed by atoms with van der Waals surface area (Å²) >= 11 is 0. The molecule has 30 nitrogen and oxygen atoms in total. The fraction of sp³-hybridized carbons (Fsp3) is 0.475. The first-order valence-electron chi connectivity index (χ1n) is 29.5. The summed E-state index contributed by atoms with van der Waals surface area (Å²) < 4.78 is 35.4. The van der Waals surface area contributed by atoms with E-state index in [1.54, 1.807) is 81.1 Å². The number of carboxylic acid groups (broad SMARTS) is 3. The van der Waals surface area contributed by atoms with Crippen LogP contribution in [0.3, 0.4) is 0 Å². The number of aromatic hydroxyl groups is 1. The highest BCUT2D eigenvalue weighted by atomic mass is 19.1. The highest BCUT2D eigenvalue weighted by Gasteiger charge is 2.30. The minimum absolute atomic E-state index is 0.0117. The lowest BCUT2D eigenvalue weighted by molar-refractivity contribution is -0.141. The maximum absolute atomic E-state index is 14.7. The molecule has 1 aliphatic heterocycles. The van der Waals surface area contributed by atoms with E-state index in [0.29, 0.717) is 41.9 Å². The van der Waals surface area contributed by atoms with Gasteiger partial charge in [-0.05, 0) is 48.9 Å². The number of aliphatic carboxylic acids is 3. The smallest absolute Gasteiger partial charge is 0.344 e. The fourth-order valence-electron chi connectivity index (χ4n) is 9.45. The summed E-state index contributed by atoms with van der Waals surface area (Å²) in [6.07, 6.45) is 1.37. The van der Waals surface area contributed by atoms with Gasteiger partial charge in [0.25, 0.3) is 16.8 Å². The Morgan fingerprint density at radius 3 is 1.73 bits per heavy atom. The third-order valence-corrected chi connectivity index (χ3v) is 14.1. The molecule has 0 bridgehead atoms. The lowest BCUT2D eigenvalue weighted by Gasteiger charge is -2.32. The normalized spacial score (nSPS) is 14.6. The largest absolute Gasteiger partial charge is 0.508 e. The lowest BCUT2D eigenvalue weighted by atomic mass is 9.90. The molecule has 1 saturated heterocycles. The maximum Gasteiger partial charge on any atom is 0.344 e. The number of halogens is 2. The average Bonchev–Trinajstić information content (AvgIpc) is 0.897. The number of carbonyl (C=O) groups is 8. The van der Waals surface area contributed by atoms with E-state index >= 15 is 0 Å². The summed E-state index contributed by atoms with van der Waals surface area (Å²) in [5, 5.41) is 57.0. The Kier molecular flexibility index (Phi) is 30.4. The number of hydrogen-bond donors (Lipinski definition) is 13. The molecular weight excluding hydrogens is 1200 g/mol. The number of nitrogens with zero attached hydrogens (tertiary/aromatic N) is 5. The van der Waals surface area contributed by atoms with Gasteiger partial charge in [-0.1, -0.05) is 49.4 Å². The van der Waals surface area contributed by atoms with Gasteiger partial charge in [-0.2, -0.15) is 4.99 Å². The molecule has 0 spiro atoms. The number of phenols is 1. The van der Waals surface area contributed by atoms with Crippen LogP contribution in [0.1, 0.15) is 61.6 Å². The number of anilines is 2. The van der Waals surface area contributed by atoms with Gasteiger partial charge < -0.3 is 68.1 Å².